The van der Waals surface area contributed by atoms with Crippen molar-refractivity contribution in [2.24, 2.45) is 0 Å². The van der Waals surface area contributed by atoms with Crippen molar-refractivity contribution in [1.82, 2.24) is 0 Å². The molecule has 22 heavy (non-hydrogen) atoms. The monoisotopic (exact) mass is 318 g/mol. The van der Waals surface area contributed by atoms with Crippen LogP contribution in [0.1, 0.15) is 29.5 Å². The molecule has 2 aromatic carbocycles. The van der Waals surface area contributed by atoms with Gasteiger partial charge >= 0.3 is 5.97 Å². The highest BCUT2D eigenvalue weighted by atomic mass is 35.5. The predicted octanol–water partition coefficient (Wildman–Crippen LogP) is 4.63. The topological polar surface area (TPSA) is 46.5 Å². The number of aliphatic carboxylic acids is 1. The Bertz CT molecular complexity index is 653. The van der Waals surface area contributed by atoms with Crippen molar-refractivity contribution in [1.29, 1.82) is 0 Å². The van der Waals surface area contributed by atoms with Gasteiger partial charge in [-0.25, -0.2) is 0 Å². The van der Waals surface area contributed by atoms with E-state index in [-0.39, 0.29) is 6.42 Å². The number of ether oxygens (including phenoxy) is 1. The first-order valence-electron chi connectivity index (χ1n) is 7.24. The molecule has 0 spiro atoms. The molecule has 0 bridgehead atoms. The van der Waals surface area contributed by atoms with E-state index in [1.807, 2.05) is 49.4 Å². The quantitative estimate of drug-likeness (QED) is 0.809. The van der Waals surface area contributed by atoms with Crippen molar-refractivity contribution in [3.63, 3.8) is 0 Å². The van der Waals surface area contributed by atoms with Gasteiger partial charge in [0.15, 0.2) is 0 Å². The molecule has 0 aliphatic heterocycles. The summed E-state index contributed by atoms with van der Waals surface area (Å²) in [7, 11) is 0. The summed E-state index contributed by atoms with van der Waals surface area (Å²) in [5, 5.41) is 9.36. The molecule has 116 valence electrons. The molecule has 0 unspecified atom stereocenters. The van der Waals surface area contributed by atoms with Gasteiger partial charge in [0.2, 0.25) is 0 Å². The first kappa shape index (κ1) is 16.4. The SMILES string of the molecule is Cc1cc(CCCC(=O)O)ccc1OCc1ccccc1Cl. The molecule has 3 nitrogen and oxygen atoms in total. The van der Waals surface area contributed by atoms with Crippen LogP contribution in [0.5, 0.6) is 5.75 Å². The minimum absolute atomic E-state index is 0.198. The number of aryl methyl sites for hydroxylation is 2. The molecule has 0 aliphatic carbocycles. The predicted molar refractivity (Wildman–Crippen MR) is 87.5 cm³/mol. The Labute approximate surface area is 135 Å². The zero-order valence-electron chi connectivity index (χ0n) is 12.5. The van der Waals surface area contributed by atoms with Crippen LogP contribution in [0.4, 0.5) is 0 Å². The van der Waals surface area contributed by atoms with E-state index < -0.39 is 5.97 Å². The smallest absolute Gasteiger partial charge is 0.303 e. The van der Waals surface area contributed by atoms with E-state index in [1.165, 1.54) is 0 Å². The van der Waals surface area contributed by atoms with E-state index in [0.29, 0.717) is 18.1 Å². The highest BCUT2D eigenvalue weighted by Gasteiger charge is 2.05. The van der Waals surface area contributed by atoms with Gasteiger partial charge in [-0.3, -0.25) is 4.79 Å². The number of hydrogen-bond acceptors (Lipinski definition) is 2. The molecule has 1 N–H and O–H groups in total. The molecule has 0 saturated heterocycles. The molecule has 0 aliphatic rings. The number of carbonyl (C=O) groups is 1. The van der Waals surface area contributed by atoms with Crippen molar-refractivity contribution in [2.45, 2.75) is 32.8 Å². The second-order valence-corrected chi connectivity index (χ2v) is 5.63. The highest BCUT2D eigenvalue weighted by Crippen LogP contribution is 2.23. The van der Waals surface area contributed by atoms with Gasteiger partial charge in [0.1, 0.15) is 12.4 Å². The van der Waals surface area contributed by atoms with Crippen LogP contribution in [0.15, 0.2) is 42.5 Å². The number of benzene rings is 2. The lowest BCUT2D eigenvalue weighted by Gasteiger charge is -2.11. The Kier molecular flexibility index (Phi) is 5.84. The number of hydrogen-bond donors (Lipinski definition) is 1. The first-order valence-corrected chi connectivity index (χ1v) is 7.61. The third-order valence-electron chi connectivity index (χ3n) is 3.44. The maximum atomic E-state index is 10.5. The molecule has 0 saturated carbocycles. The largest absolute Gasteiger partial charge is 0.489 e. The van der Waals surface area contributed by atoms with Crippen molar-refractivity contribution >= 4 is 17.6 Å². The van der Waals surface area contributed by atoms with Crippen molar-refractivity contribution in [3.05, 3.63) is 64.2 Å². The Morgan fingerprint density at radius 3 is 2.68 bits per heavy atom. The molecular weight excluding hydrogens is 300 g/mol. The Morgan fingerprint density at radius 2 is 2.00 bits per heavy atom. The van der Waals surface area contributed by atoms with Crippen LogP contribution in [-0.4, -0.2) is 11.1 Å². The Hall–Kier alpha value is -2.00. The van der Waals surface area contributed by atoms with Crippen LogP contribution in [0.3, 0.4) is 0 Å². The lowest BCUT2D eigenvalue weighted by molar-refractivity contribution is -0.137. The molecule has 2 aromatic rings. The van der Waals surface area contributed by atoms with E-state index in [4.69, 9.17) is 21.4 Å². The fourth-order valence-corrected chi connectivity index (χ4v) is 2.43. The van der Waals surface area contributed by atoms with E-state index in [0.717, 1.165) is 28.9 Å². The van der Waals surface area contributed by atoms with Gasteiger partial charge in [0.05, 0.1) is 0 Å². The van der Waals surface area contributed by atoms with Crippen LogP contribution in [-0.2, 0) is 17.8 Å². The second-order valence-electron chi connectivity index (χ2n) is 5.23. The maximum absolute atomic E-state index is 10.5. The van der Waals surface area contributed by atoms with Crippen molar-refractivity contribution in [2.75, 3.05) is 0 Å². The summed E-state index contributed by atoms with van der Waals surface area (Å²) < 4.78 is 5.82. The third kappa shape index (κ3) is 4.78. The number of rotatable bonds is 7. The number of halogens is 1. The molecule has 0 amide bonds. The lowest BCUT2D eigenvalue weighted by atomic mass is 10.1. The van der Waals surface area contributed by atoms with Gasteiger partial charge in [-0.1, -0.05) is 41.9 Å². The number of carboxylic acids is 1. The zero-order chi connectivity index (χ0) is 15.9. The average Bonchev–Trinajstić information content (AvgIpc) is 2.47. The molecule has 2 rings (SSSR count). The van der Waals surface area contributed by atoms with E-state index in [2.05, 4.69) is 0 Å². The lowest BCUT2D eigenvalue weighted by Crippen LogP contribution is -1.99. The summed E-state index contributed by atoms with van der Waals surface area (Å²) >= 11 is 6.11. The maximum Gasteiger partial charge on any atom is 0.303 e. The van der Waals surface area contributed by atoms with Gasteiger partial charge in [-0.2, -0.15) is 0 Å². The van der Waals surface area contributed by atoms with Crippen LogP contribution in [0, 0.1) is 6.92 Å². The van der Waals surface area contributed by atoms with Crippen LogP contribution in [0.2, 0.25) is 5.02 Å². The van der Waals surface area contributed by atoms with E-state index >= 15 is 0 Å². The number of carboxylic acid groups (broad SMARTS) is 1. The summed E-state index contributed by atoms with van der Waals surface area (Å²) in [5.74, 6) is 0.0679. The second kappa shape index (κ2) is 7.85. The van der Waals surface area contributed by atoms with Crippen molar-refractivity contribution < 1.29 is 14.6 Å². The summed E-state index contributed by atoms with van der Waals surface area (Å²) in [6, 6.07) is 13.6. The van der Waals surface area contributed by atoms with Crippen LogP contribution < -0.4 is 4.74 Å². The van der Waals surface area contributed by atoms with Crippen molar-refractivity contribution in [3.8, 4) is 5.75 Å². The normalized spacial score (nSPS) is 10.5. The molecule has 0 radical (unpaired) electrons. The van der Waals surface area contributed by atoms with Gasteiger partial charge in [0, 0.05) is 17.0 Å². The third-order valence-corrected chi connectivity index (χ3v) is 3.81. The summed E-state index contributed by atoms with van der Waals surface area (Å²) in [4.78, 5) is 10.5. The molecule has 0 atom stereocenters. The molecule has 0 fully saturated rings. The van der Waals surface area contributed by atoms with Gasteiger partial charge in [-0.15, -0.1) is 0 Å². The van der Waals surface area contributed by atoms with Gasteiger partial charge in [0.25, 0.3) is 0 Å². The molecule has 0 heterocycles. The van der Waals surface area contributed by atoms with Gasteiger partial charge < -0.3 is 9.84 Å². The van der Waals surface area contributed by atoms with Crippen LogP contribution >= 0.6 is 11.6 Å². The molecule has 0 aromatic heterocycles. The first-order chi connectivity index (χ1) is 10.6. The van der Waals surface area contributed by atoms with E-state index in [1.54, 1.807) is 0 Å². The standard InChI is InChI=1S/C18H19ClO3/c1-13-11-14(5-4-8-18(20)21)9-10-17(13)22-12-15-6-2-3-7-16(15)19/h2-3,6-7,9-11H,4-5,8,12H2,1H3,(H,20,21). The molecular formula is C18H19ClO3. The summed E-state index contributed by atoms with van der Waals surface area (Å²) in [6.45, 7) is 2.42. The Balaban J connectivity index is 1.95. The average molecular weight is 319 g/mol. The minimum atomic E-state index is -0.753. The van der Waals surface area contributed by atoms with Gasteiger partial charge in [-0.05, 0) is 43.0 Å². The molecule has 4 heteroatoms. The van der Waals surface area contributed by atoms with E-state index in [9.17, 15) is 4.79 Å². The minimum Gasteiger partial charge on any atom is -0.489 e. The zero-order valence-corrected chi connectivity index (χ0v) is 13.3. The summed E-state index contributed by atoms with van der Waals surface area (Å²) in [5.41, 5.74) is 3.12. The fraction of sp³-hybridized carbons (Fsp3) is 0.278. The fourth-order valence-electron chi connectivity index (χ4n) is 2.24. The summed E-state index contributed by atoms with van der Waals surface area (Å²) in [6.07, 6.45) is 1.61. The van der Waals surface area contributed by atoms with Crippen LogP contribution in [0.25, 0.3) is 0 Å². The Morgan fingerprint density at radius 1 is 1.23 bits per heavy atom. The highest BCUT2D eigenvalue weighted by molar-refractivity contribution is 6.31.